The van der Waals surface area contributed by atoms with Crippen molar-refractivity contribution in [2.45, 2.75) is 57.9 Å². The molecule has 2 heterocycles. The van der Waals surface area contributed by atoms with Crippen molar-refractivity contribution in [2.75, 3.05) is 6.61 Å². The minimum absolute atomic E-state index is 0.0396. The van der Waals surface area contributed by atoms with Gasteiger partial charge in [0.2, 0.25) is 0 Å². The Balaban J connectivity index is 1.56. The minimum atomic E-state index is -4.49. The van der Waals surface area contributed by atoms with Gasteiger partial charge in [-0.3, -0.25) is 4.79 Å². The molecule has 4 nitrogen and oxygen atoms in total. The fraction of sp³-hybridized carbons (Fsp3) is 0.579. The number of aryl methyl sites for hydroxylation is 1. The van der Waals surface area contributed by atoms with Crippen molar-refractivity contribution in [3.63, 3.8) is 0 Å². The number of hydrogen-bond acceptors (Lipinski definition) is 4. The predicted molar refractivity (Wildman–Crippen MR) is 96.9 cm³/mol. The number of thiophene rings is 1. The van der Waals surface area contributed by atoms with E-state index in [1.807, 2.05) is 6.92 Å². The fourth-order valence-electron chi connectivity index (χ4n) is 4.34. The topological polar surface area (TPSA) is 51.2 Å². The minimum Gasteiger partial charge on any atom is -0.378 e. The lowest BCUT2D eigenvalue weighted by molar-refractivity contribution is -0.169. The van der Waals surface area contributed by atoms with Crippen molar-refractivity contribution >= 4 is 27.5 Å². The van der Waals surface area contributed by atoms with Gasteiger partial charge in [-0.25, -0.2) is 4.98 Å². The van der Waals surface area contributed by atoms with Gasteiger partial charge >= 0.3 is 6.18 Å². The highest BCUT2D eigenvalue weighted by Crippen LogP contribution is 2.57. The molecule has 0 bridgehead atoms. The molecule has 0 aliphatic heterocycles. The molecule has 2 atom stereocenters. The number of halogens is 3. The average Bonchev–Trinajstić information content (AvgIpc) is 2.88. The molecule has 1 N–H and O–H groups in total. The van der Waals surface area contributed by atoms with E-state index in [1.54, 1.807) is 6.92 Å². The summed E-state index contributed by atoms with van der Waals surface area (Å²) >= 11 is 1.02. The molecule has 0 unspecified atom stereocenters. The van der Waals surface area contributed by atoms with E-state index in [2.05, 4.69) is 10.3 Å². The van der Waals surface area contributed by atoms with Crippen molar-refractivity contribution in [3.05, 3.63) is 28.3 Å². The van der Waals surface area contributed by atoms with E-state index in [1.165, 1.54) is 6.07 Å². The van der Waals surface area contributed by atoms with Crippen LogP contribution in [0.4, 0.5) is 13.2 Å². The van der Waals surface area contributed by atoms with Gasteiger partial charge in [-0.15, -0.1) is 11.3 Å². The van der Waals surface area contributed by atoms with Crippen molar-refractivity contribution in [2.24, 2.45) is 5.41 Å². The van der Waals surface area contributed by atoms with Crippen molar-refractivity contribution in [1.29, 1.82) is 0 Å². The molecule has 2 saturated carbocycles. The number of ether oxygens (including phenoxy) is 1. The Bertz CT molecular complexity index is 889. The monoisotopic (exact) mass is 398 g/mol. The first kappa shape index (κ1) is 18.7. The number of alkyl halides is 3. The van der Waals surface area contributed by atoms with Gasteiger partial charge in [-0.1, -0.05) is 6.42 Å². The first-order chi connectivity index (χ1) is 12.8. The lowest BCUT2D eigenvalue weighted by Gasteiger charge is -2.60. The third-order valence-corrected chi connectivity index (χ3v) is 7.24. The largest absolute Gasteiger partial charge is 0.433 e. The Kier molecular flexibility index (Phi) is 4.46. The van der Waals surface area contributed by atoms with E-state index < -0.39 is 11.9 Å². The molecule has 2 aliphatic rings. The molecule has 4 rings (SSSR count). The van der Waals surface area contributed by atoms with Crippen LogP contribution in [-0.4, -0.2) is 29.6 Å². The van der Waals surface area contributed by atoms with E-state index in [4.69, 9.17) is 4.74 Å². The van der Waals surface area contributed by atoms with Crippen molar-refractivity contribution < 1.29 is 22.7 Å². The van der Waals surface area contributed by atoms with Gasteiger partial charge in [0.15, 0.2) is 0 Å². The summed E-state index contributed by atoms with van der Waals surface area (Å²) in [7, 11) is 0. The van der Waals surface area contributed by atoms with Crippen LogP contribution in [0.2, 0.25) is 0 Å². The molecule has 27 heavy (non-hydrogen) atoms. The second-order valence-corrected chi connectivity index (χ2v) is 8.39. The van der Waals surface area contributed by atoms with Gasteiger partial charge in [-0.2, -0.15) is 13.2 Å². The molecule has 0 saturated heterocycles. The number of rotatable bonds is 4. The van der Waals surface area contributed by atoms with Crippen LogP contribution < -0.4 is 5.32 Å². The third-order valence-electron chi connectivity index (χ3n) is 6.04. The Labute approximate surface area is 159 Å². The van der Waals surface area contributed by atoms with Crippen LogP contribution in [0.25, 0.3) is 10.2 Å². The average molecular weight is 398 g/mol. The molecule has 8 heteroatoms. The van der Waals surface area contributed by atoms with Gasteiger partial charge in [0.1, 0.15) is 10.5 Å². The fourth-order valence-corrected chi connectivity index (χ4v) is 5.42. The van der Waals surface area contributed by atoms with Crippen molar-refractivity contribution in [3.8, 4) is 0 Å². The Morgan fingerprint density at radius 3 is 2.74 bits per heavy atom. The number of pyridine rings is 1. The summed E-state index contributed by atoms with van der Waals surface area (Å²) in [5.41, 5.74) is -0.218. The number of amides is 1. The highest BCUT2D eigenvalue weighted by Gasteiger charge is 2.59. The summed E-state index contributed by atoms with van der Waals surface area (Å²) in [6.45, 7) is 4.39. The van der Waals surface area contributed by atoms with Gasteiger partial charge < -0.3 is 10.1 Å². The van der Waals surface area contributed by atoms with Gasteiger partial charge in [0, 0.05) is 23.4 Å². The van der Waals surface area contributed by atoms with E-state index >= 15 is 0 Å². The smallest absolute Gasteiger partial charge is 0.378 e. The lowest BCUT2D eigenvalue weighted by atomic mass is 9.51. The summed E-state index contributed by atoms with van der Waals surface area (Å²) in [5, 5.41) is 3.70. The molecule has 1 amide bonds. The number of carbonyl (C=O) groups excluding carboxylic acids is 1. The molecule has 146 valence electrons. The SMILES string of the molecule is CCO[C@@H]1C[C@@H](NC(=O)c2sc3nc(C(F)(F)F)ccc3c2C)C12CCC2. The van der Waals surface area contributed by atoms with Crippen LogP contribution in [0.15, 0.2) is 12.1 Å². The summed E-state index contributed by atoms with van der Waals surface area (Å²) in [4.78, 5) is 17.2. The second-order valence-electron chi connectivity index (χ2n) is 7.40. The van der Waals surface area contributed by atoms with Gasteiger partial charge in [0.05, 0.1) is 11.0 Å². The molecular weight excluding hydrogens is 377 g/mol. The Morgan fingerprint density at radius 1 is 1.41 bits per heavy atom. The number of nitrogens with zero attached hydrogens (tertiary/aromatic N) is 1. The highest BCUT2D eigenvalue weighted by atomic mass is 32.1. The van der Waals surface area contributed by atoms with E-state index in [0.29, 0.717) is 22.4 Å². The maximum absolute atomic E-state index is 12.9. The van der Waals surface area contributed by atoms with E-state index in [-0.39, 0.29) is 28.3 Å². The van der Waals surface area contributed by atoms with Crippen molar-refractivity contribution in [1.82, 2.24) is 10.3 Å². The van der Waals surface area contributed by atoms with Crippen LogP contribution in [0, 0.1) is 12.3 Å². The zero-order valence-electron chi connectivity index (χ0n) is 15.2. The molecule has 2 aliphatic carbocycles. The first-order valence-electron chi connectivity index (χ1n) is 9.16. The molecule has 2 aromatic rings. The molecule has 0 radical (unpaired) electrons. The Hall–Kier alpha value is -1.67. The number of nitrogens with one attached hydrogen (secondary N) is 1. The van der Waals surface area contributed by atoms with Gasteiger partial charge in [0.25, 0.3) is 5.91 Å². The Morgan fingerprint density at radius 2 is 2.15 bits per heavy atom. The normalized spacial score (nSPS) is 23.9. The predicted octanol–water partition coefficient (Wildman–Crippen LogP) is 4.70. The lowest BCUT2D eigenvalue weighted by Crippen LogP contribution is -2.67. The molecule has 2 fully saturated rings. The number of carbonyl (C=O) groups is 1. The first-order valence-corrected chi connectivity index (χ1v) is 9.97. The highest BCUT2D eigenvalue weighted by molar-refractivity contribution is 7.20. The molecule has 2 aromatic heterocycles. The summed E-state index contributed by atoms with van der Waals surface area (Å²) in [6.07, 6.45) is -0.274. The maximum atomic E-state index is 12.9. The number of fused-ring (bicyclic) bond motifs is 1. The van der Waals surface area contributed by atoms with Crippen LogP contribution >= 0.6 is 11.3 Å². The molecular formula is C19H21F3N2O2S. The van der Waals surface area contributed by atoms with Crippen LogP contribution in [-0.2, 0) is 10.9 Å². The summed E-state index contributed by atoms with van der Waals surface area (Å²) < 4.78 is 44.5. The third kappa shape index (κ3) is 2.93. The van der Waals surface area contributed by atoms with Gasteiger partial charge in [-0.05, 0) is 50.8 Å². The maximum Gasteiger partial charge on any atom is 0.433 e. The van der Waals surface area contributed by atoms with Crippen LogP contribution in [0.3, 0.4) is 0 Å². The zero-order valence-corrected chi connectivity index (χ0v) is 16.0. The van der Waals surface area contributed by atoms with Crippen LogP contribution in [0.5, 0.6) is 0 Å². The zero-order chi connectivity index (χ0) is 19.4. The number of hydrogen-bond donors (Lipinski definition) is 1. The summed E-state index contributed by atoms with van der Waals surface area (Å²) in [5.74, 6) is -0.227. The van der Waals surface area contributed by atoms with Crippen LogP contribution in [0.1, 0.15) is 53.5 Å². The molecule has 0 aromatic carbocycles. The number of aromatic nitrogens is 1. The molecule has 1 spiro atoms. The summed E-state index contributed by atoms with van der Waals surface area (Å²) in [6, 6.07) is 2.43. The van der Waals surface area contributed by atoms with E-state index in [9.17, 15) is 18.0 Å². The van der Waals surface area contributed by atoms with E-state index in [0.717, 1.165) is 43.1 Å². The second kappa shape index (κ2) is 6.44. The standard InChI is InChI=1S/C19H21F3N2O2S/c1-3-26-14-9-13(18(14)7-4-8-18)23-16(25)15-10(2)11-5-6-12(19(20,21)22)24-17(11)27-15/h5-6,13-14H,3-4,7-9H2,1-2H3,(H,23,25)/t13-,14-/m1/s1. The quantitative estimate of drug-likeness (QED) is 0.812.